The lowest BCUT2D eigenvalue weighted by molar-refractivity contribution is 0.0782. The van der Waals surface area contributed by atoms with Gasteiger partial charge in [0.2, 0.25) is 0 Å². The molecule has 0 saturated carbocycles. The van der Waals surface area contributed by atoms with E-state index in [1.165, 1.54) is 0 Å². The molecule has 0 aliphatic carbocycles. The average Bonchev–Trinajstić information content (AvgIpc) is 2.65. The molecule has 30 heavy (non-hydrogen) atoms. The van der Waals surface area contributed by atoms with E-state index in [1.807, 2.05) is 26.0 Å². The van der Waals surface area contributed by atoms with Crippen molar-refractivity contribution < 1.29 is 24.1 Å². The molecular formula is C25H28O5. The molecule has 5 nitrogen and oxygen atoms in total. The van der Waals surface area contributed by atoms with Gasteiger partial charge in [0, 0.05) is 11.6 Å². The molecular weight excluding hydrogens is 380 g/mol. The van der Waals surface area contributed by atoms with Gasteiger partial charge in [0.05, 0.1) is 6.42 Å². The topological polar surface area (TPSA) is 65.0 Å². The first-order valence-electron chi connectivity index (χ1n) is 10.7. The first-order valence-corrected chi connectivity index (χ1v) is 10.7. The van der Waals surface area contributed by atoms with Gasteiger partial charge in [-0.25, -0.2) is 0 Å². The van der Waals surface area contributed by atoms with Crippen molar-refractivity contribution in [1.82, 2.24) is 0 Å². The molecule has 3 heterocycles. The van der Waals surface area contributed by atoms with Crippen LogP contribution in [0.15, 0.2) is 24.3 Å². The van der Waals surface area contributed by atoms with Crippen LogP contribution < -0.4 is 14.2 Å². The summed E-state index contributed by atoms with van der Waals surface area (Å²) in [6.07, 6.45) is 3.17. The molecule has 0 unspecified atom stereocenters. The van der Waals surface area contributed by atoms with E-state index >= 15 is 0 Å². The van der Waals surface area contributed by atoms with Gasteiger partial charge in [-0.05, 0) is 76.6 Å². The number of ketones is 1. The molecule has 0 aromatic heterocycles. The highest BCUT2D eigenvalue weighted by atomic mass is 16.5. The maximum absolute atomic E-state index is 13.0. The minimum atomic E-state index is -0.390. The number of benzene rings is 2. The Morgan fingerprint density at radius 2 is 1.63 bits per heavy atom. The summed E-state index contributed by atoms with van der Waals surface area (Å²) in [6.45, 7) is 8.25. The number of phenolic OH excluding ortho intramolecular Hbond substituents is 1. The molecule has 158 valence electrons. The number of fused-ring (bicyclic) bond motifs is 3. The predicted octanol–water partition coefficient (Wildman–Crippen LogP) is 5.31. The Morgan fingerprint density at radius 3 is 2.40 bits per heavy atom. The third-order valence-electron chi connectivity index (χ3n) is 6.45. The van der Waals surface area contributed by atoms with Gasteiger partial charge in [0.1, 0.15) is 45.9 Å². The van der Waals surface area contributed by atoms with E-state index in [0.29, 0.717) is 23.5 Å². The number of aromatic hydroxyl groups is 1. The number of carbonyl (C=O) groups is 1. The van der Waals surface area contributed by atoms with E-state index in [2.05, 4.69) is 19.9 Å². The van der Waals surface area contributed by atoms with Gasteiger partial charge in [-0.1, -0.05) is 6.07 Å². The molecule has 3 aliphatic rings. The van der Waals surface area contributed by atoms with Crippen molar-refractivity contribution in [3.05, 3.63) is 46.5 Å². The molecule has 5 rings (SSSR count). The number of rotatable bonds is 1. The molecule has 0 saturated heterocycles. The Morgan fingerprint density at radius 1 is 0.933 bits per heavy atom. The lowest BCUT2D eigenvalue weighted by atomic mass is 9.88. The van der Waals surface area contributed by atoms with Gasteiger partial charge in [-0.15, -0.1) is 0 Å². The third-order valence-corrected chi connectivity index (χ3v) is 6.45. The van der Waals surface area contributed by atoms with Crippen LogP contribution in [-0.2, 0) is 12.8 Å². The Labute approximate surface area is 177 Å². The van der Waals surface area contributed by atoms with E-state index in [1.54, 1.807) is 6.07 Å². The second-order valence-electron chi connectivity index (χ2n) is 9.90. The van der Waals surface area contributed by atoms with E-state index in [-0.39, 0.29) is 40.8 Å². The number of Topliss-reactive ketones (excluding diaryl/α,β-unsaturated/α-hetero) is 1. The van der Waals surface area contributed by atoms with Gasteiger partial charge in [0.15, 0.2) is 5.78 Å². The molecule has 2 aromatic rings. The monoisotopic (exact) mass is 408 g/mol. The van der Waals surface area contributed by atoms with Gasteiger partial charge < -0.3 is 19.3 Å². The van der Waals surface area contributed by atoms with Crippen LogP contribution in [0.2, 0.25) is 0 Å². The summed E-state index contributed by atoms with van der Waals surface area (Å²) in [4.78, 5) is 13.0. The molecule has 0 fully saturated rings. The minimum Gasteiger partial charge on any atom is -0.507 e. The Hall–Kier alpha value is -2.69. The zero-order valence-electron chi connectivity index (χ0n) is 18.0. The van der Waals surface area contributed by atoms with Gasteiger partial charge >= 0.3 is 0 Å². The second-order valence-corrected chi connectivity index (χ2v) is 9.90. The molecule has 0 bridgehead atoms. The van der Waals surface area contributed by atoms with Crippen molar-refractivity contribution in [2.24, 2.45) is 0 Å². The molecule has 1 N–H and O–H groups in total. The zero-order valence-corrected chi connectivity index (χ0v) is 18.0. The van der Waals surface area contributed by atoms with Crippen molar-refractivity contribution in [2.75, 3.05) is 0 Å². The summed E-state index contributed by atoms with van der Waals surface area (Å²) >= 11 is 0. The minimum absolute atomic E-state index is 0.0162. The molecule has 3 aliphatic heterocycles. The molecule has 5 heteroatoms. The van der Waals surface area contributed by atoms with Gasteiger partial charge in [-0.2, -0.15) is 0 Å². The second kappa shape index (κ2) is 6.40. The van der Waals surface area contributed by atoms with E-state index in [4.69, 9.17) is 14.2 Å². The Kier molecular flexibility index (Phi) is 4.12. The molecule has 0 amide bonds. The maximum Gasteiger partial charge on any atom is 0.174 e. The van der Waals surface area contributed by atoms with E-state index in [0.717, 1.165) is 36.1 Å². The summed E-state index contributed by atoms with van der Waals surface area (Å²) in [7, 11) is 0. The van der Waals surface area contributed by atoms with Crippen LogP contribution in [0.1, 0.15) is 80.1 Å². The number of aryl methyl sites for hydroxylation is 1. The average molecular weight is 408 g/mol. The first-order chi connectivity index (χ1) is 14.1. The fourth-order valence-electron chi connectivity index (χ4n) is 4.66. The van der Waals surface area contributed by atoms with Crippen molar-refractivity contribution >= 4 is 5.78 Å². The highest BCUT2D eigenvalue weighted by Crippen LogP contribution is 2.48. The van der Waals surface area contributed by atoms with Crippen molar-refractivity contribution in [3.8, 4) is 23.0 Å². The van der Waals surface area contributed by atoms with Crippen LogP contribution in [0.5, 0.6) is 23.0 Å². The Bertz CT molecular complexity index is 1050. The molecule has 1 atom stereocenters. The number of hydrogen-bond donors (Lipinski definition) is 1. The highest BCUT2D eigenvalue weighted by molar-refractivity contribution is 6.03. The van der Waals surface area contributed by atoms with Crippen molar-refractivity contribution in [3.63, 3.8) is 0 Å². The van der Waals surface area contributed by atoms with E-state index < -0.39 is 0 Å². The lowest BCUT2D eigenvalue weighted by Gasteiger charge is -2.35. The van der Waals surface area contributed by atoms with Crippen LogP contribution in [0.4, 0.5) is 0 Å². The fraction of sp³-hybridized carbons (Fsp3) is 0.480. The predicted molar refractivity (Wildman–Crippen MR) is 113 cm³/mol. The lowest BCUT2D eigenvalue weighted by Crippen LogP contribution is -2.33. The van der Waals surface area contributed by atoms with Crippen molar-refractivity contribution in [2.45, 2.75) is 77.1 Å². The van der Waals surface area contributed by atoms with Crippen LogP contribution >= 0.6 is 0 Å². The molecule has 2 aromatic carbocycles. The summed E-state index contributed by atoms with van der Waals surface area (Å²) in [5, 5.41) is 10.8. The van der Waals surface area contributed by atoms with Gasteiger partial charge in [-0.3, -0.25) is 4.79 Å². The van der Waals surface area contributed by atoms with Crippen LogP contribution in [0.3, 0.4) is 0 Å². The van der Waals surface area contributed by atoms with Crippen molar-refractivity contribution in [1.29, 1.82) is 0 Å². The summed E-state index contributed by atoms with van der Waals surface area (Å²) in [5.74, 6) is 1.83. The normalized spacial score (nSPS) is 23.2. The highest BCUT2D eigenvalue weighted by Gasteiger charge is 2.37. The van der Waals surface area contributed by atoms with Crippen LogP contribution in [0, 0.1) is 0 Å². The fourth-order valence-corrected chi connectivity index (χ4v) is 4.66. The molecule has 0 spiro atoms. The Balaban J connectivity index is 1.48. The SMILES string of the molecule is CC1(C)CCc2cc([C@H]3CC(=O)c4c(cc5c(c4O)CCC(C)(C)O5)O3)ccc2O1. The summed E-state index contributed by atoms with van der Waals surface area (Å²) in [5.41, 5.74) is 2.63. The number of carbonyl (C=O) groups excluding carboxylic acids is 1. The van der Waals surface area contributed by atoms with Gasteiger partial charge in [0.25, 0.3) is 0 Å². The number of hydrogen-bond acceptors (Lipinski definition) is 5. The largest absolute Gasteiger partial charge is 0.507 e. The quantitative estimate of drug-likeness (QED) is 0.693. The number of ether oxygens (including phenoxy) is 3. The van der Waals surface area contributed by atoms with Crippen LogP contribution in [0.25, 0.3) is 0 Å². The molecule has 0 radical (unpaired) electrons. The zero-order chi connectivity index (χ0) is 21.3. The smallest absolute Gasteiger partial charge is 0.174 e. The van der Waals surface area contributed by atoms with E-state index in [9.17, 15) is 9.90 Å². The first kappa shape index (κ1) is 19.3. The maximum atomic E-state index is 13.0. The summed E-state index contributed by atoms with van der Waals surface area (Å²) < 4.78 is 18.4. The summed E-state index contributed by atoms with van der Waals surface area (Å²) in [6, 6.07) is 7.82. The van der Waals surface area contributed by atoms with Crippen LogP contribution in [-0.4, -0.2) is 22.1 Å². The number of phenols is 1. The third kappa shape index (κ3) is 3.21. The standard InChI is InChI=1S/C25H28O5/c1-24(2)9-7-15-11-14(5-6-18(15)29-24)19-12-17(26)22-21(28-19)13-20-16(23(22)27)8-10-25(3,4)30-20/h5-6,11,13,19,27H,7-10,12H2,1-4H3/t19-/m1/s1.